The van der Waals surface area contributed by atoms with Gasteiger partial charge in [0, 0.05) is 36.9 Å². The van der Waals surface area contributed by atoms with Crippen molar-refractivity contribution in [3.8, 4) is 11.5 Å². The molecule has 1 aliphatic rings. The van der Waals surface area contributed by atoms with Gasteiger partial charge in [0.15, 0.2) is 11.5 Å². The van der Waals surface area contributed by atoms with Gasteiger partial charge >= 0.3 is 12.1 Å². The lowest BCUT2D eigenvalue weighted by Crippen LogP contribution is -2.51. The van der Waals surface area contributed by atoms with Crippen molar-refractivity contribution in [1.29, 1.82) is 0 Å². The number of likely N-dealkylation sites (tertiary alicyclic amines) is 1. The Hall–Kier alpha value is -2.64. The number of nitrogens with one attached hydrogen (secondary N) is 3. The largest absolute Gasteiger partial charge is 0.493 e. The lowest BCUT2D eigenvalue weighted by Gasteiger charge is -2.34. The first kappa shape index (κ1) is 21.7. The fraction of sp³-hybridized carbons (Fsp3) is 0.600. The summed E-state index contributed by atoms with van der Waals surface area (Å²) in [7, 11) is 3.12. The minimum Gasteiger partial charge on any atom is -0.493 e. The average Bonchev–Trinajstić information content (AvgIpc) is 2.65. The zero-order valence-corrected chi connectivity index (χ0v) is 17.4. The standard InChI is InChI=1S/C20H32N4O4/c1-20(2,3)23-19(26)24-10-8-14(9-11-24)13-21-18(25)22-15-6-7-16(27-4)17(12-15)28-5/h6-7,12,14H,8-11,13H2,1-5H3,(H,23,26)(H2,21,22,25). The fourth-order valence-corrected chi connectivity index (χ4v) is 3.07. The van der Waals surface area contributed by atoms with Crippen LogP contribution in [0.15, 0.2) is 18.2 Å². The van der Waals surface area contributed by atoms with Crippen LogP contribution in [0.25, 0.3) is 0 Å². The second-order valence-corrected chi connectivity index (χ2v) is 8.02. The Balaban J connectivity index is 1.75. The van der Waals surface area contributed by atoms with Crippen LogP contribution in [-0.4, -0.2) is 56.4 Å². The Bertz CT molecular complexity index is 679. The Morgan fingerprint density at radius 1 is 1.11 bits per heavy atom. The summed E-state index contributed by atoms with van der Waals surface area (Å²) in [5, 5.41) is 8.69. The Kier molecular flexibility index (Phi) is 7.37. The van der Waals surface area contributed by atoms with Gasteiger partial charge in [-0.2, -0.15) is 0 Å². The van der Waals surface area contributed by atoms with Crippen molar-refractivity contribution < 1.29 is 19.1 Å². The number of urea groups is 2. The number of ether oxygens (including phenoxy) is 2. The van der Waals surface area contributed by atoms with Gasteiger partial charge in [-0.3, -0.25) is 0 Å². The van der Waals surface area contributed by atoms with E-state index in [4.69, 9.17) is 9.47 Å². The smallest absolute Gasteiger partial charge is 0.319 e. The van der Waals surface area contributed by atoms with E-state index in [1.165, 1.54) is 0 Å². The van der Waals surface area contributed by atoms with Crippen molar-refractivity contribution in [2.24, 2.45) is 5.92 Å². The molecule has 1 aromatic carbocycles. The lowest BCUT2D eigenvalue weighted by molar-refractivity contribution is 0.162. The van der Waals surface area contributed by atoms with Crippen molar-refractivity contribution in [3.63, 3.8) is 0 Å². The highest BCUT2D eigenvalue weighted by atomic mass is 16.5. The van der Waals surface area contributed by atoms with Crippen LogP contribution in [0.1, 0.15) is 33.6 Å². The summed E-state index contributed by atoms with van der Waals surface area (Å²) in [4.78, 5) is 26.2. The quantitative estimate of drug-likeness (QED) is 0.718. The molecule has 156 valence electrons. The van der Waals surface area contributed by atoms with Crippen LogP contribution in [-0.2, 0) is 0 Å². The molecule has 1 heterocycles. The van der Waals surface area contributed by atoms with E-state index < -0.39 is 0 Å². The molecule has 8 nitrogen and oxygen atoms in total. The summed E-state index contributed by atoms with van der Waals surface area (Å²) < 4.78 is 10.4. The molecule has 2 rings (SSSR count). The highest BCUT2D eigenvalue weighted by Gasteiger charge is 2.25. The van der Waals surface area contributed by atoms with Crippen molar-refractivity contribution in [3.05, 3.63) is 18.2 Å². The molecule has 0 spiro atoms. The van der Waals surface area contributed by atoms with Gasteiger partial charge in [-0.25, -0.2) is 9.59 Å². The monoisotopic (exact) mass is 392 g/mol. The average molecular weight is 393 g/mol. The van der Waals surface area contributed by atoms with Crippen LogP contribution < -0.4 is 25.4 Å². The number of rotatable bonds is 5. The zero-order chi connectivity index (χ0) is 20.7. The number of hydrogen-bond donors (Lipinski definition) is 3. The van der Waals surface area contributed by atoms with E-state index in [0.717, 1.165) is 12.8 Å². The normalized spacial score (nSPS) is 15.0. The van der Waals surface area contributed by atoms with Gasteiger partial charge < -0.3 is 30.3 Å². The number of hydrogen-bond acceptors (Lipinski definition) is 4. The first-order chi connectivity index (χ1) is 13.2. The predicted molar refractivity (Wildman–Crippen MR) is 109 cm³/mol. The maximum absolute atomic E-state index is 12.2. The molecule has 8 heteroatoms. The number of carbonyl (C=O) groups excluding carboxylic acids is 2. The van der Waals surface area contributed by atoms with E-state index in [1.54, 1.807) is 32.4 Å². The van der Waals surface area contributed by atoms with E-state index in [9.17, 15) is 9.59 Å². The van der Waals surface area contributed by atoms with E-state index in [-0.39, 0.29) is 17.6 Å². The summed E-state index contributed by atoms with van der Waals surface area (Å²) in [6, 6.07) is 4.93. The summed E-state index contributed by atoms with van der Waals surface area (Å²) in [6.45, 7) is 7.89. The van der Waals surface area contributed by atoms with E-state index in [0.29, 0.717) is 42.7 Å². The molecule has 0 atom stereocenters. The van der Waals surface area contributed by atoms with Crippen molar-refractivity contribution in [1.82, 2.24) is 15.5 Å². The van der Waals surface area contributed by atoms with Gasteiger partial charge in [-0.1, -0.05) is 0 Å². The SMILES string of the molecule is COc1ccc(NC(=O)NCC2CCN(C(=O)NC(C)(C)C)CC2)cc1OC. The van der Waals surface area contributed by atoms with Crippen molar-refractivity contribution in [2.45, 2.75) is 39.2 Å². The minimum absolute atomic E-state index is 0.0231. The van der Waals surface area contributed by atoms with Gasteiger partial charge in [-0.05, 0) is 51.7 Å². The molecule has 3 N–H and O–H groups in total. The second-order valence-electron chi connectivity index (χ2n) is 8.02. The molecular weight excluding hydrogens is 360 g/mol. The zero-order valence-electron chi connectivity index (χ0n) is 17.4. The number of carbonyl (C=O) groups is 2. The number of benzene rings is 1. The summed E-state index contributed by atoms with van der Waals surface area (Å²) in [5.41, 5.74) is 0.390. The van der Waals surface area contributed by atoms with E-state index in [2.05, 4.69) is 16.0 Å². The molecule has 4 amide bonds. The van der Waals surface area contributed by atoms with Gasteiger partial charge in [0.25, 0.3) is 0 Å². The van der Waals surface area contributed by atoms with Crippen LogP contribution in [0.5, 0.6) is 11.5 Å². The highest BCUT2D eigenvalue weighted by Crippen LogP contribution is 2.29. The van der Waals surface area contributed by atoms with Crippen molar-refractivity contribution >= 4 is 17.7 Å². The van der Waals surface area contributed by atoms with Crippen LogP contribution in [0, 0.1) is 5.92 Å². The first-order valence-electron chi connectivity index (χ1n) is 9.56. The second kappa shape index (κ2) is 9.52. The molecule has 0 radical (unpaired) electrons. The number of methoxy groups -OCH3 is 2. The Morgan fingerprint density at radius 3 is 2.32 bits per heavy atom. The molecule has 0 aliphatic carbocycles. The van der Waals surface area contributed by atoms with Gasteiger partial charge in [0.1, 0.15) is 0 Å². The van der Waals surface area contributed by atoms with Gasteiger partial charge in [0.2, 0.25) is 0 Å². The fourth-order valence-electron chi connectivity index (χ4n) is 3.07. The molecule has 0 unspecified atom stereocenters. The highest BCUT2D eigenvalue weighted by molar-refractivity contribution is 5.89. The Labute approximate surface area is 166 Å². The molecular formula is C20H32N4O4. The predicted octanol–water partition coefficient (Wildman–Crippen LogP) is 3.05. The van der Waals surface area contributed by atoms with E-state index in [1.807, 2.05) is 25.7 Å². The maximum Gasteiger partial charge on any atom is 0.319 e. The molecule has 0 bridgehead atoms. The molecule has 1 saturated heterocycles. The van der Waals surface area contributed by atoms with Gasteiger partial charge in [-0.15, -0.1) is 0 Å². The molecule has 1 aromatic rings. The molecule has 28 heavy (non-hydrogen) atoms. The van der Waals surface area contributed by atoms with Crippen LogP contribution >= 0.6 is 0 Å². The number of piperidine rings is 1. The first-order valence-corrected chi connectivity index (χ1v) is 9.56. The molecule has 0 aromatic heterocycles. The number of anilines is 1. The summed E-state index contributed by atoms with van der Waals surface area (Å²) >= 11 is 0. The molecule has 1 fully saturated rings. The maximum atomic E-state index is 12.2. The number of amides is 4. The van der Waals surface area contributed by atoms with Crippen LogP contribution in [0.4, 0.5) is 15.3 Å². The molecule has 1 aliphatic heterocycles. The third-order valence-corrected chi connectivity index (χ3v) is 4.58. The van der Waals surface area contributed by atoms with Crippen molar-refractivity contribution in [2.75, 3.05) is 39.2 Å². The summed E-state index contributed by atoms with van der Waals surface area (Å²) in [6.07, 6.45) is 1.74. The van der Waals surface area contributed by atoms with E-state index >= 15 is 0 Å². The summed E-state index contributed by atoms with van der Waals surface area (Å²) in [5.74, 6) is 1.52. The van der Waals surface area contributed by atoms with Crippen LogP contribution in [0.3, 0.4) is 0 Å². The lowest BCUT2D eigenvalue weighted by atomic mass is 9.97. The van der Waals surface area contributed by atoms with Gasteiger partial charge in [0.05, 0.1) is 14.2 Å². The molecule has 0 saturated carbocycles. The third kappa shape index (κ3) is 6.51. The number of nitrogens with zero attached hydrogens (tertiary/aromatic N) is 1. The van der Waals surface area contributed by atoms with Crippen LogP contribution in [0.2, 0.25) is 0 Å². The third-order valence-electron chi connectivity index (χ3n) is 4.58. The minimum atomic E-state index is -0.264. The topological polar surface area (TPSA) is 91.9 Å². The Morgan fingerprint density at radius 2 is 1.75 bits per heavy atom.